The van der Waals surface area contributed by atoms with Crippen LogP contribution >= 0.6 is 0 Å². The Bertz CT molecular complexity index is 6130. The van der Waals surface area contributed by atoms with Crippen molar-refractivity contribution in [3.63, 3.8) is 0 Å². The minimum Gasteiger partial charge on any atom is -0.309 e. The zero-order valence-corrected chi connectivity index (χ0v) is 50.8. The van der Waals surface area contributed by atoms with Crippen LogP contribution in [0.1, 0.15) is 0 Å². The summed E-state index contributed by atoms with van der Waals surface area (Å²) in [5, 5.41) is 14.9. The highest BCUT2D eigenvalue weighted by molar-refractivity contribution is 6.26. The van der Waals surface area contributed by atoms with Crippen molar-refractivity contribution in [2.45, 2.75) is 0 Å². The third-order valence-corrected chi connectivity index (χ3v) is 19.6. The quantitative estimate of drug-likeness (QED) is 0.128. The standard InChI is InChI=1S/C90H57N3/c1-5-20-58(21-6-1)67-49-68(59-22-7-2-8-23-59)51-69(50-67)61-25-19-24-60(48-61)62-36-42-75-76-43-37-63(53-80(76)74-31-14-13-30-73(74)79(75)52-62)66-40-46-89-83(56-66)84-57-72(41-47-90(84)92(89)71-28-11-4-12-29-71)93-86-35-18-16-33-78(86)82-55-65(39-45-88(82)93)64-38-44-87-81(54-64)77-32-15-17-34-85(77)91(87)70-26-9-3-10-27-70/h1-57H. The van der Waals surface area contributed by atoms with E-state index in [2.05, 4.69) is 359 Å². The summed E-state index contributed by atoms with van der Waals surface area (Å²) in [7, 11) is 0. The lowest BCUT2D eigenvalue weighted by atomic mass is 9.89. The van der Waals surface area contributed by atoms with E-state index in [4.69, 9.17) is 0 Å². The number of aromatic nitrogens is 3. The second-order valence-corrected chi connectivity index (χ2v) is 24.8. The van der Waals surface area contributed by atoms with Crippen molar-refractivity contribution in [1.82, 2.24) is 13.7 Å². The molecule has 0 aliphatic rings. The lowest BCUT2D eigenvalue weighted by Crippen LogP contribution is -1.95. The fraction of sp³-hybridized carbons (Fsp3) is 0. The number of hydrogen-bond donors (Lipinski definition) is 0. The van der Waals surface area contributed by atoms with Crippen molar-refractivity contribution in [3.05, 3.63) is 346 Å². The molecule has 0 aliphatic heterocycles. The molecule has 0 saturated carbocycles. The molecule has 432 valence electrons. The van der Waals surface area contributed by atoms with E-state index in [1.54, 1.807) is 0 Å². The normalized spacial score (nSPS) is 11.9. The van der Waals surface area contributed by atoms with Gasteiger partial charge in [-0.15, -0.1) is 0 Å². The summed E-state index contributed by atoms with van der Waals surface area (Å²) in [4.78, 5) is 0. The van der Waals surface area contributed by atoms with Gasteiger partial charge in [0.15, 0.2) is 0 Å². The lowest BCUT2D eigenvalue weighted by molar-refractivity contribution is 1.17. The van der Waals surface area contributed by atoms with Crippen molar-refractivity contribution < 1.29 is 0 Å². The Balaban J connectivity index is 0.713. The molecule has 0 spiro atoms. The zero-order chi connectivity index (χ0) is 61.1. The molecule has 0 bridgehead atoms. The van der Waals surface area contributed by atoms with E-state index >= 15 is 0 Å². The number of para-hydroxylation sites is 4. The van der Waals surface area contributed by atoms with E-state index in [1.165, 1.54) is 164 Å². The van der Waals surface area contributed by atoms with Crippen LogP contribution in [0.5, 0.6) is 0 Å². The van der Waals surface area contributed by atoms with E-state index in [9.17, 15) is 0 Å². The number of hydrogen-bond acceptors (Lipinski definition) is 0. The van der Waals surface area contributed by atoms with E-state index < -0.39 is 0 Å². The summed E-state index contributed by atoms with van der Waals surface area (Å²) >= 11 is 0. The molecule has 0 aliphatic carbocycles. The Morgan fingerprint density at radius 1 is 0.118 bits per heavy atom. The van der Waals surface area contributed by atoms with Gasteiger partial charge in [0.05, 0.1) is 33.1 Å². The van der Waals surface area contributed by atoms with Gasteiger partial charge in [0.1, 0.15) is 0 Å². The van der Waals surface area contributed by atoms with Crippen LogP contribution in [0.3, 0.4) is 0 Å². The van der Waals surface area contributed by atoms with Crippen LogP contribution < -0.4 is 0 Å². The lowest BCUT2D eigenvalue weighted by Gasteiger charge is -2.15. The minimum atomic E-state index is 1.13. The summed E-state index contributed by atoms with van der Waals surface area (Å²) in [6.45, 7) is 0. The summed E-state index contributed by atoms with van der Waals surface area (Å²) in [5.74, 6) is 0. The van der Waals surface area contributed by atoms with E-state index in [1.807, 2.05) is 0 Å². The fourth-order valence-electron chi connectivity index (χ4n) is 15.2. The molecule has 0 fully saturated rings. The number of benzene rings is 16. The van der Waals surface area contributed by atoms with E-state index in [-0.39, 0.29) is 0 Å². The average molecular weight is 1180 g/mol. The van der Waals surface area contributed by atoms with Crippen LogP contribution in [-0.2, 0) is 0 Å². The van der Waals surface area contributed by atoms with Gasteiger partial charge in [-0.05, 0) is 226 Å². The highest BCUT2D eigenvalue weighted by Gasteiger charge is 2.21. The second-order valence-electron chi connectivity index (χ2n) is 24.8. The Labute approximate surface area is 537 Å². The van der Waals surface area contributed by atoms with Crippen molar-refractivity contribution in [3.8, 4) is 83.8 Å². The molecule has 3 aromatic heterocycles. The van der Waals surface area contributed by atoms with Gasteiger partial charge in [-0.3, -0.25) is 0 Å². The Morgan fingerprint density at radius 3 is 0.839 bits per heavy atom. The Kier molecular flexibility index (Phi) is 12.0. The van der Waals surface area contributed by atoms with Gasteiger partial charge < -0.3 is 13.7 Å². The smallest absolute Gasteiger partial charge is 0.0542 e. The molecule has 0 saturated heterocycles. The molecule has 19 rings (SSSR count). The molecule has 19 aromatic rings. The fourth-order valence-corrected chi connectivity index (χ4v) is 15.2. The summed E-state index contributed by atoms with van der Waals surface area (Å²) in [6, 6.07) is 128. The highest BCUT2D eigenvalue weighted by atomic mass is 15.0. The topological polar surface area (TPSA) is 14.8 Å². The number of nitrogens with zero attached hydrogens (tertiary/aromatic N) is 3. The van der Waals surface area contributed by atoms with Gasteiger partial charge in [-0.1, -0.05) is 218 Å². The number of fused-ring (bicyclic) bond motifs is 15. The maximum atomic E-state index is 2.46. The largest absolute Gasteiger partial charge is 0.309 e. The molecule has 0 unspecified atom stereocenters. The van der Waals surface area contributed by atoms with Crippen LogP contribution in [0.25, 0.3) is 182 Å². The Morgan fingerprint density at radius 2 is 0.387 bits per heavy atom. The van der Waals surface area contributed by atoms with E-state index in [0.29, 0.717) is 0 Å². The maximum absolute atomic E-state index is 2.46. The molecule has 3 heteroatoms. The van der Waals surface area contributed by atoms with Crippen molar-refractivity contribution in [2.75, 3.05) is 0 Å². The summed E-state index contributed by atoms with van der Waals surface area (Å²) in [6.07, 6.45) is 0. The summed E-state index contributed by atoms with van der Waals surface area (Å²) < 4.78 is 7.28. The SMILES string of the molecule is c1ccc(-c2cc(-c3ccccc3)cc(-c3cccc(-c4ccc5c6ccc(-c7ccc8c(c7)c7cc(-n9c%10ccccc%10c%10cc(-c%11ccc%12c(c%11)c%11ccccc%11n%12-c%11ccccc%11)ccc%109)ccc7n8-c7ccccc7)cc6c6ccccc6c5c4)c3)c2)cc1. The summed E-state index contributed by atoms with van der Waals surface area (Å²) in [5.41, 5.74) is 24.9. The van der Waals surface area contributed by atoms with Crippen LogP contribution in [-0.4, -0.2) is 13.7 Å². The van der Waals surface area contributed by atoms with Crippen molar-refractivity contribution >= 4 is 97.7 Å². The first-order chi connectivity index (χ1) is 46.1. The van der Waals surface area contributed by atoms with Crippen molar-refractivity contribution in [1.29, 1.82) is 0 Å². The molecule has 93 heavy (non-hydrogen) atoms. The monoisotopic (exact) mass is 1180 g/mol. The molecule has 3 nitrogen and oxygen atoms in total. The minimum absolute atomic E-state index is 1.13. The third kappa shape index (κ3) is 8.59. The Hall–Kier alpha value is -12.3. The molecular weight excluding hydrogens is 1120 g/mol. The maximum Gasteiger partial charge on any atom is 0.0542 e. The first-order valence-electron chi connectivity index (χ1n) is 32.1. The van der Waals surface area contributed by atoms with Crippen LogP contribution in [0.4, 0.5) is 0 Å². The molecule has 16 aromatic carbocycles. The first-order valence-corrected chi connectivity index (χ1v) is 32.1. The molecular formula is C90H57N3. The van der Waals surface area contributed by atoms with Gasteiger partial charge in [0.25, 0.3) is 0 Å². The molecule has 0 atom stereocenters. The second kappa shape index (κ2) is 21.2. The van der Waals surface area contributed by atoms with Gasteiger partial charge in [-0.25, -0.2) is 0 Å². The van der Waals surface area contributed by atoms with Crippen LogP contribution in [0.2, 0.25) is 0 Å². The molecule has 0 N–H and O–H groups in total. The van der Waals surface area contributed by atoms with Crippen LogP contribution in [0, 0.1) is 0 Å². The average Bonchev–Trinajstić information content (AvgIpc) is 1.69. The van der Waals surface area contributed by atoms with Gasteiger partial charge in [0.2, 0.25) is 0 Å². The molecule has 0 radical (unpaired) electrons. The van der Waals surface area contributed by atoms with Crippen molar-refractivity contribution in [2.24, 2.45) is 0 Å². The van der Waals surface area contributed by atoms with Gasteiger partial charge >= 0.3 is 0 Å². The predicted molar refractivity (Wildman–Crippen MR) is 395 cm³/mol. The van der Waals surface area contributed by atoms with Gasteiger partial charge in [-0.2, -0.15) is 0 Å². The molecule has 3 heterocycles. The predicted octanol–water partition coefficient (Wildman–Crippen LogP) is 24.4. The third-order valence-electron chi connectivity index (χ3n) is 19.6. The highest BCUT2D eigenvalue weighted by Crippen LogP contribution is 2.44. The zero-order valence-electron chi connectivity index (χ0n) is 50.8. The number of rotatable bonds is 9. The van der Waals surface area contributed by atoms with Crippen LogP contribution in [0.15, 0.2) is 346 Å². The van der Waals surface area contributed by atoms with Gasteiger partial charge in [0, 0.05) is 49.4 Å². The van der Waals surface area contributed by atoms with E-state index in [0.717, 1.165) is 17.1 Å². The first kappa shape index (κ1) is 52.6. The molecule has 0 amide bonds.